The van der Waals surface area contributed by atoms with Crippen molar-refractivity contribution in [3.8, 4) is 5.75 Å². The summed E-state index contributed by atoms with van der Waals surface area (Å²) in [6.45, 7) is 3.89. The van der Waals surface area contributed by atoms with E-state index >= 15 is 0 Å². The molecule has 1 aromatic rings. The van der Waals surface area contributed by atoms with E-state index in [1.807, 2.05) is 26.0 Å². The molecule has 0 aliphatic carbocycles. The zero-order valence-corrected chi connectivity index (χ0v) is 8.87. The minimum atomic E-state index is -0.306. The van der Waals surface area contributed by atoms with Crippen LogP contribution in [0.5, 0.6) is 5.75 Å². The van der Waals surface area contributed by atoms with Crippen LogP contribution in [0, 0.1) is 13.8 Å². The number of rotatable bonds is 3. The Labute approximate surface area is 84.5 Å². The van der Waals surface area contributed by atoms with Crippen LogP contribution >= 0.6 is 0 Å². The summed E-state index contributed by atoms with van der Waals surface area (Å²) >= 11 is 0. The van der Waals surface area contributed by atoms with Gasteiger partial charge < -0.3 is 15.6 Å². The fourth-order valence-electron chi connectivity index (χ4n) is 1.53. The third kappa shape index (κ3) is 2.05. The second-order valence-electron chi connectivity index (χ2n) is 3.47. The summed E-state index contributed by atoms with van der Waals surface area (Å²) in [5.41, 5.74) is 8.83. The van der Waals surface area contributed by atoms with Crippen molar-refractivity contribution < 1.29 is 9.84 Å². The molecular weight excluding hydrogens is 178 g/mol. The van der Waals surface area contributed by atoms with Crippen LogP contribution in [0.4, 0.5) is 0 Å². The van der Waals surface area contributed by atoms with Gasteiger partial charge in [-0.15, -0.1) is 0 Å². The zero-order chi connectivity index (χ0) is 10.7. The fraction of sp³-hybridized carbons (Fsp3) is 0.455. The topological polar surface area (TPSA) is 55.5 Å². The van der Waals surface area contributed by atoms with E-state index in [1.54, 1.807) is 7.11 Å². The predicted molar refractivity (Wildman–Crippen MR) is 56.5 cm³/mol. The van der Waals surface area contributed by atoms with Gasteiger partial charge in [-0.25, -0.2) is 0 Å². The van der Waals surface area contributed by atoms with Gasteiger partial charge in [0.1, 0.15) is 5.75 Å². The van der Waals surface area contributed by atoms with Gasteiger partial charge in [-0.3, -0.25) is 0 Å². The standard InChI is InChI=1S/C11H17NO2/c1-7-5-11(14-3)8(2)4-9(7)10(12)6-13/h4-5,10,13H,6,12H2,1-3H3. The maximum Gasteiger partial charge on any atom is 0.122 e. The number of hydrogen-bond donors (Lipinski definition) is 2. The largest absolute Gasteiger partial charge is 0.496 e. The molecule has 1 unspecified atom stereocenters. The van der Waals surface area contributed by atoms with Gasteiger partial charge in [-0.1, -0.05) is 6.07 Å². The molecule has 3 N–H and O–H groups in total. The molecule has 3 heteroatoms. The molecule has 0 aliphatic heterocycles. The van der Waals surface area contributed by atoms with Crippen molar-refractivity contribution in [1.82, 2.24) is 0 Å². The second-order valence-corrected chi connectivity index (χ2v) is 3.47. The van der Waals surface area contributed by atoms with Gasteiger partial charge in [0.2, 0.25) is 0 Å². The molecule has 1 atom stereocenters. The van der Waals surface area contributed by atoms with Crippen molar-refractivity contribution in [3.05, 3.63) is 28.8 Å². The smallest absolute Gasteiger partial charge is 0.122 e. The van der Waals surface area contributed by atoms with Crippen LogP contribution in [0.2, 0.25) is 0 Å². The molecule has 0 bridgehead atoms. The number of aliphatic hydroxyl groups is 1. The van der Waals surface area contributed by atoms with Crippen LogP contribution < -0.4 is 10.5 Å². The summed E-state index contributed by atoms with van der Waals surface area (Å²) in [5, 5.41) is 8.97. The van der Waals surface area contributed by atoms with Crippen molar-refractivity contribution in [2.24, 2.45) is 5.73 Å². The summed E-state index contributed by atoms with van der Waals surface area (Å²) in [7, 11) is 1.65. The van der Waals surface area contributed by atoms with Crippen molar-refractivity contribution in [3.63, 3.8) is 0 Å². The molecule has 14 heavy (non-hydrogen) atoms. The lowest BCUT2D eigenvalue weighted by atomic mass is 9.99. The average Bonchev–Trinajstić information content (AvgIpc) is 2.19. The van der Waals surface area contributed by atoms with Crippen LogP contribution in [-0.2, 0) is 0 Å². The van der Waals surface area contributed by atoms with E-state index < -0.39 is 0 Å². The van der Waals surface area contributed by atoms with Crippen LogP contribution in [0.3, 0.4) is 0 Å². The molecule has 3 nitrogen and oxygen atoms in total. The van der Waals surface area contributed by atoms with Crippen LogP contribution in [0.25, 0.3) is 0 Å². The van der Waals surface area contributed by atoms with Gasteiger partial charge in [-0.2, -0.15) is 0 Å². The minimum Gasteiger partial charge on any atom is -0.496 e. The number of nitrogens with two attached hydrogens (primary N) is 1. The Morgan fingerprint density at radius 3 is 2.50 bits per heavy atom. The molecule has 0 saturated carbocycles. The lowest BCUT2D eigenvalue weighted by Crippen LogP contribution is -2.16. The molecule has 1 aromatic carbocycles. The Balaban J connectivity index is 3.14. The molecule has 0 heterocycles. The van der Waals surface area contributed by atoms with E-state index in [1.165, 1.54) is 0 Å². The van der Waals surface area contributed by atoms with E-state index in [2.05, 4.69) is 0 Å². The summed E-state index contributed by atoms with van der Waals surface area (Å²) in [6.07, 6.45) is 0. The highest BCUT2D eigenvalue weighted by Crippen LogP contribution is 2.25. The first kappa shape index (κ1) is 11.0. The Morgan fingerprint density at radius 1 is 1.36 bits per heavy atom. The lowest BCUT2D eigenvalue weighted by Gasteiger charge is -2.15. The zero-order valence-electron chi connectivity index (χ0n) is 8.87. The summed E-state index contributed by atoms with van der Waals surface area (Å²) < 4.78 is 5.19. The minimum absolute atomic E-state index is 0.0351. The predicted octanol–water partition coefficient (Wildman–Crippen LogP) is 1.30. The molecule has 0 fully saturated rings. The molecule has 0 radical (unpaired) electrons. The first-order valence-corrected chi connectivity index (χ1v) is 4.61. The van der Waals surface area contributed by atoms with Gasteiger partial charge in [-0.05, 0) is 36.6 Å². The number of benzene rings is 1. The number of ether oxygens (including phenoxy) is 1. The SMILES string of the molecule is COc1cc(C)c(C(N)CO)cc1C. The van der Waals surface area contributed by atoms with Crippen LogP contribution in [-0.4, -0.2) is 18.8 Å². The van der Waals surface area contributed by atoms with Crippen molar-refractivity contribution >= 4 is 0 Å². The van der Waals surface area contributed by atoms with Gasteiger partial charge >= 0.3 is 0 Å². The van der Waals surface area contributed by atoms with Crippen molar-refractivity contribution in [1.29, 1.82) is 0 Å². The number of aryl methyl sites for hydroxylation is 2. The van der Waals surface area contributed by atoms with E-state index in [4.69, 9.17) is 15.6 Å². The molecule has 0 saturated heterocycles. The highest BCUT2D eigenvalue weighted by Gasteiger charge is 2.10. The number of aliphatic hydroxyl groups excluding tert-OH is 1. The van der Waals surface area contributed by atoms with Gasteiger partial charge in [0.15, 0.2) is 0 Å². The van der Waals surface area contributed by atoms with Crippen LogP contribution in [0.15, 0.2) is 12.1 Å². The van der Waals surface area contributed by atoms with E-state index in [0.717, 1.165) is 22.4 Å². The Kier molecular flexibility index (Phi) is 3.49. The maximum atomic E-state index is 8.97. The molecule has 0 aromatic heterocycles. The first-order valence-electron chi connectivity index (χ1n) is 4.61. The van der Waals surface area contributed by atoms with Gasteiger partial charge in [0.25, 0.3) is 0 Å². The maximum absolute atomic E-state index is 8.97. The summed E-state index contributed by atoms with van der Waals surface area (Å²) in [6, 6.07) is 3.61. The number of methoxy groups -OCH3 is 1. The quantitative estimate of drug-likeness (QED) is 0.764. The van der Waals surface area contributed by atoms with Crippen molar-refractivity contribution in [2.45, 2.75) is 19.9 Å². The first-order chi connectivity index (χ1) is 6.60. The summed E-state index contributed by atoms with van der Waals surface area (Å²) in [4.78, 5) is 0. The second kappa shape index (κ2) is 4.44. The third-order valence-electron chi connectivity index (χ3n) is 2.38. The van der Waals surface area contributed by atoms with E-state index in [-0.39, 0.29) is 12.6 Å². The molecule has 78 valence electrons. The normalized spacial score (nSPS) is 12.6. The third-order valence-corrected chi connectivity index (χ3v) is 2.38. The van der Waals surface area contributed by atoms with Crippen LogP contribution in [0.1, 0.15) is 22.7 Å². The van der Waals surface area contributed by atoms with Gasteiger partial charge in [0.05, 0.1) is 19.8 Å². The number of hydrogen-bond acceptors (Lipinski definition) is 3. The fourth-order valence-corrected chi connectivity index (χ4v) is 1.53. The molecular formula is C11H17NO2. The average molecular weight is 195 g/mol. The van der Waals surface area contributed by atoms with Gasteiger partial charge in [0, 0.05) is 0 Å². The molecule has 0 amide bonds. The van der Waals surface area contributed by atoms with E-state index in [9.17, 15) is 0 Å². The molecule has 1 rings (SSSR count). The molecule has 0 spiro atoms. The van der Waals surface area contributed by atoms with Crippen molar-refractivity contribution in [2.75, 3.05) is 13.7 Å². The highest BCUT2D eigenvalue weighted by atomic mass is 16.5. The van der Waals surface area contributed by atoms with E-state index in [0.29, 0.717) is 0 Å². The Bertz CT molecular complexity index is 323. The molecule has 0 aliphatic rings. The monoisotopic (exact) mass is 195 g/mol. The Morgan fingerprint density at radius 2 is 2.00 bits per heavy atom. The Hall–Kier alpha value is -1.06. The lowest BCUT2D eigenvalue weighted by molar-refractivity contribution is 0.267. The summed E-state index contributed by atoms with van der Waals surface area (Å²) in [5.74, 6) is 0.858. The highest BCUT2D eigenvalue weighted by molar-refractivity contribution is 5.42.